The third-order valence-electron chi connectivity index (χ3n) is 4.00. The van der Waals surface area contributed by atoms with Crippen LogP contribution in [0.5, 0.6) is 5.75 Å². The normalized spacial score (nSPS) is 17.9. The first-order valence-corrected chi connectivity index (χ1v) is 7.94. The minimum absolute atomic E-state index is 0.0453. The van der Waals surface area contributed by atoms with Crippen molar-refractivity contribution in [3.63, 3.8) is 0 Å². The lowest BCUT2D eigenvalue weighted by atomic mass is 9.99. The van der Waals surface area contributed by atoms with Gasteiger partial charge in [-0.1, -0.05) is 12.1 Å². The molecule has 0 radical (unpaired) electrons. The maximum atomic E-state index is 12.9. The zero-order valence-electron chi connectivity index (χ0n) is 13.2. The zero-order chi connectivity index (χ0) is 17.6. The van der Waals surface area contributed by atoms with E-state index in [2.05, 4.69) is 15.0 Å². The summed E-state index contributed by atoms with van der Waals surface area (Å²) in [6.45, 7) is 3.48. The van der Waals surface area contributed by atoms with Gasteiger partial charge in [-0.15, -0.1) is 0 Å². The van der Waals surface area contributed by atoms with E-state index in [4.69, 9.17) is 5.11 Å². The van der Waals surface area contributed by atoms with Crippen LogP contribution in [0, 0.1) is 0 Å². The quantitative estimate of drug-likeness (QED) is 0.708. The molecule has 0 unspecified atom stereocenters. The van der Waals surface area contributed by atoms with Crippen LogP contribution in [0.1, 0.15) is 24.4 Å². The van der Waals surface area contributed by atoms with E-state index < -0.39 is 12.5 Å². The minimum atomic E-state index is -4.50. The summed E-state index contributed by atoms with van der Waals surface area (Å²) in [7, 11) is 0. The van der Waals surface area contributed by atoms with Gasteiger partial charge in [-0.25, -0.2) is 0 Å². The first-order chi connectivity index (χ1) is 11.4. The summed E-state index contributed by atoms with van der Waals surface area (Å²) < 4.78 is 54.3. The van der Waals surface area contributed by atoms with Gasteiger partial charge in [0.05, 0.1) is 0 Å². The van der Waals surface area contributed by atoms with Crippen LogP contribution in [0.25, 0.3) is 0 Å². The van der Waals surface area contributed by atoms with Crippen molar-refractivity contribution in [3.8, 4) is 5.75 Å². The molecule has 136 valence electrons. The molecule has 1 heterocycles. The summed E-state index contributed by atoms with van der Waals surface area (Å²) >= 11 is 0. The number of benzene rings is 1. The Bertz CT molecular complexity index is 493. The van der Waals surface area contributed by atoms with Gasteiger partial charge in [-0.3, -0.25) is 4.90 Å². The lowest BCUT2D eigenvalue weighted by Gasteiger charge is -2.35. The summed E-state index contributed by atoms with van der Waals surface area (Å²) in [5.41, 5.74) is 0.887. The molecule has 1 atom stereocenters. The van der Waals surface area contributed by atoms with Crippen molar-refractivity contribution in [1.29, 1.82) is 0 Å². The van der Waals surface area contributed by atoms with Crippen molar-refractivity contribution in [1.82, 2.24) is 10.2 Å². The second-order valence-corrected chi connectivity index (χ2v) is 5.70. The number of aliphatic hydroxyl groups is 1. The molecule has 1 aromatic rings. The summed E-state index contributed by atoms with van der Waals surface area (Å²) in [6, 6.07) is 5.82. The Kier molecular flexibility index (Phi) is 6.82. The number of rotatable bonds is 8. The number of hydrogen-bond donors (Lipinski definition) is 2. The van der Waals surface area contributed by atoms with Gasteiger partial charge in [0.25, 0.3) is 0 Å². The van der Waals surface area contributed by atoms with E-state index >= 15 is 0 Å². The number of ether oxygens (including phenoxy) is 1. The van der Waals surface area contributed by atoms with Crippen LogP contribution in [0.4, 0.5) is 17.6 Å². The number of nitrogens with zero attached hydrogens (tertiary/aromatic N) is 1. The van der Waals surface area contributed by atoms with Crippen molar-refractivity contribution in [2.45, 2.75) is 31.4 Å². The topological polar surface area (TPSA) is 44.7 Å². The van der Waals surface area contributed by atoms with Gasteiger partial charge in [-0.05, 0) is 30.5 Å². The second kappa shape index (κ2) is 8.64. The Morgan fingerprint density at radius 3 is 2.33 bits per heavy atom. The second-order valence-electron chi connectivity index (χ2n) is 5.70. The molecule has 2 rings (SSSR count). The molecular weight excluding hydrogens is 328 g/mol. The van der Waals surface area contributed by atoms with Gasteiger partial charge in [-0.2, -0.15) is 17.6 Å². The highest BCUT2D eigenvalue weighted by molar-refractivity contribution is 5.29. The van der Waals surface area contributed by atoms with E-state index in [9.17, 15) is 17.6 Å². The number of nitrogens with one attached hydrogen (secondary N) is 1. The van der Waals surface area contributed by atoms with Crippen LogP contribution in [0.15, 0.2) is 24.3 Å². The molecule has 0 bridgehead atoms. The highest BCUT2D eigenvalue weighted by atomic mass is 19.3. The largest absolute Gasteiger partial charge is 0.461 e. The number of piperazine rings is 1. The summed E-state index contributed by atoms with van der Waals surface area (Å²) in [4.78, 5) is 2.26. The van der Waals surface area contributed by atoms with Crippen molar-refractivity contribution in [2.24, 2.45) is 0 Å². The van der Waals surface area contributed by atoms with Gasteiger partial charge in [0.1, 0.15) is 5.75 Å². The summed E-state index contributed by atoms with van der Waals surface area (Å²) in [5.74, 6) is -0.301. The van der Waals surface area contributed by atoms with Gasteiger partial charge in [0.15, 0.2) is 0 Å². The van der Waals surface area contributed by atoms with E-state index in [-0.39, 0.29) is 18.4 Å². The van der Waals surface area contributed by atoms with Crippen LogP contribution in [0.3, 0.4) is 0 Å². The molecule has 2 N–H and O–H groups in total. The molecule has 8 heteroatoms. The first kappa shape index (κ1) is 19.0. The predicted octanol–water partition coefficient (Wildman–Crippen LogP) is 2.64. The summed E-state index contributed by atoms with van der Waals surface area (Å²) in [6.07, 6.45) is -7.04. The predicted molar refractivity (Wildman–Crippen MR) is 81.5 cm³/mol. The van der Waals surface area contributed by atoms with Crippen LogP contribution in [0.2, 0.25) is 0 Å². The lowest BCUT2D eigenvalue weighted by molar-refractivity contribution is -0.253. The average Bonchev–Trinajstić information content (AvgIpc) is 2.57. The molecule has 0 spiro atoms. The maximum absolute atomic E-state index is 12.9. The molecule has 4 nitrogen and oxygen atoms in total. The fraction of sp³-hybridized carbons (Fsp3) is 0.625. The number of aliphatic hydroxyl groups excluding tert-OH is 1. The molecule has 0 saturated carbocycles. The SMILES string of the molecule is OCCC[C@@H](c1ccc(OC(F)(F)C(F)F)cc1)N1CCNCC1. The van der Waals surface area contributed by atoms with Crippen LogP contribution in [-0.2, 0) is 0 Å². The van der Waals surface area contributed by atoms with Crippen LogP contribution < -0.4 is 10.1 Å². The molecule has 24 heavy (non-hydrogen) atoms. The molecule has 1 saturated heterocycles. The number of alkyl halides is 4. The van der Waals surface area contributed by atoms with Crippen molar-refractivity contribution < 1.29 is 27.4 Å². The Morgan fingerprint density at radius 2 is 1.79 bits per heavy atom. The Hall–Kier alpha value is -1.38. The Balaban J connectivity index is 2.09. The monoisotopic (exact) mass is 350 g/mol. The number of hydrogen-bond acceptors (Lipinski definition) is 4. The molecule has 1 fully saturated rings. The first-order valence-electron chi connectivity index (χ1n) is 7.94. The van der Waals surface area contributed by atoms with E-state index in [1.54, 1.807) is 12.1 Å². The van der Waals surface area contributed by atoms with Crippen LogP contribution in [-0.4, -0.2) is 55.3 Å². The number of halogens is 4. The van der Waals surface area contributed by atoms with Crippen LogP contribution >= 0.6 is 0 Å². The molecule has 1 aliphatic heterocycles. The van der Waals surface area contributed by atoms with Crippen molar-refractivity contribution >= 4 is 0 Å². The van der Waals surface area contributed by atoms with Crippen molar-refractivity contribution in [3.05, 3.63) is 29.8 Å². The van der Waals surface area contributed by atoms with Gasteiger partial charge >= 0.3 is 12.5 Å². The van der Waals surface area contributed by atoms with E-state index in [1.807, 2.05) is 0 Å². The fourth-order valence-corrected chi connectivity index (χ4v) is 2.80. The van der Waals surface area contributed by atoms with Gasteiger partial charge < -0.3 is 15.2 Å². The molecular formula is C16H22F4N2O2. The Morgan fingerprint density at radius 1 is 1.17 bits per heavy atom. The minimum Gasteiger partial charge on any atom is -0.428 e. The summed E-state index contributed by atoms with van der Waals surface area (Å²) in [5, 5.41) is 12.3. The zero-order valence-corrected chi connectivity index (χ0v) is 13.2. The van der Waals surface area contributed by atoms with Gasteiger partial charge in [0, 0.05) is 38.8 Å². The third-order valence-corrected chi connectivity index (χ3v) is 4.00. The smallest absolute Gasteiger partial charge is 0.428 e. The van der Waals surface area contributed by atoms with E-state index in [1.165, 1.54) is 12.1 Å². The van der Waals surface area contributed by atoms with E-state index in [0.29, 0.717) is 6.42 Å². The lowest BCUT2D eigenvalue weighted by Crippen LogP contribution is -2.45. The maximum Gasteiger partial charge on any atom is 0.461 e. The molecule has 1 aliphatic rings. The highest BCUT2D eigenvalue weighted by Crippen LogP contribution is 2.31. The molecule has 1 aromatic carbocycles. The third kappa shape index (κ3) is 5.06. The molecule has 0 aromatic heterocycles. The molecule has 0 amide bonds. The average molecular weight is 350 g/mol. The highest BCUT2D eigenvalue weighted by Gasteiger charge is 2.43. The Labute approximate surface area is 138 Å². The van der Waals surface area contributed by atoms with Gasteiger partial charge in [0.2, 0.25) is 0 Å². The molecule has 0 aliphatic carbocycles. The van der Waals surface area contributed by atoms with E-state index in [0.717, 1.165) is 38.2 Å². The fourth-order valence-electron chi connectivity index (χ4n) is 2.80. The van der Waals surface area contributed by atoms with Crippen molar-refractivity contribution in [2.75, 3.05) is 32.8 Å². The standard InChI is InChI=1S/C16H22F4N2O2/c17-15(18)16(19,20)24-13-5-3-12(4-6-13)14(2-1-11-23)22-9-7-21-8-10-22/h3-6,14-15,21,23H,1-2,7-11H2/t14-/m0/s1.